The SMILES string of the molecule is C#CC1(F)C(O)[C@@H]([C@H](C)O)O[C@H]1n1cnc2c(=S)nc(N)[nH]c21. The molecule has 5 atom stereocenters. The molecule has 5 N–H and O–H groups in total. The average molecular weight is 339 g/mol. The number of hydrogen-bond donors (Lipinski definition) is 4. The third-order valence-corrected chi connectivity index (χ3v) is 4.09. The van der Waals surface area contributed by atoms with Gasteiger partial charge in [0, 0.05) is 0 Å². The summed E-state index contributed by atoms with van der Waals surface area (Å²) in [5.41, 5.74) is 3.59. The van der Waals surface area contributed by atoms with Crippen LogP contribution >= 0.6 is 12.2 Å². The van der Waals surface area contributed by atoms with Gasteiger partial charge in [0.05, 0.1) is 12.4 Å². The van der Waals surface area contributed by atoms with Crippen molar-refractivity contribution in [1.29, 1.82) is 0 Å². The fourth-order valence-corrected chi connectivity index (χ4v) is 2.89. The predicted molar refractivity (Wildman–Crippen MR) is 81.4 cm³/mol. The second-order valence-electron chi connectivity index (χ2n) is 5.33. The third-order valence-electron chi connectivity index (χ3n) is 3.80. The van der Waals surface area contributed by atoms with E-state index < -0.39 is 30.2 Å². The summed E-state index contributed by atoms with van der Waals surface area (Å²) in [6, 6.07) is 0. The third kappa shape index (κ3) is 2.21. The van der Waals surface area contributed by atoms with Gasteiger partial charge < -0.3 is 25.7 Å². The van der Waals surface area contributed by atoms with Gasteiger partial charge in [0.2, 0.25) is 5.67 Å². The standard InChI is InChI=1S/C13H14FN5O3S/c1-3-13(14)8(21)7(5(2)20)22-11(13)19-4-16-6-9(19)17-12(15)18-10(6)23/h1,4-5,7-8,11,20-21H,2H3,(H3,15,17,18,23)/t5-,7+,8?,11+,13?/m0/s1. The van der Waals surface area contributed by atoms with Gasteiger partial charge in [0.1, 0.15) is 23.4 Å². The van der Waals surface area contributed by atoms with Gasteiger partial charge in [-0.1, -0.05) is 18.1 Å². The number of aliphatic hydroxyl groups is 2. The molecule has 0 saturated carbocycles. The summed E-state index contributed by atoms with van der Waals surface area (Å²) < 4.78 is 22.0. The molecule has 0 spiro atoms. The molecule has 0 amide bonds. The van der Waals surface area contributed by atoms with Crippen molar-refractivity contribution in [2.45, 2.75) is 37.1 Å². The summed E-state index contributed by atoms with van der Waals surface area (Å²) >= 11 is 5.05. The number of aromatic nitrogens is 4. The van der Waals surface area contributed by atoms with E-state index in [9.17, 15) is 10.2 Å². The first-order chi connectivity index (χ1) is 10.8. The molecule has 1 aliphatic rings. The molecule has 0 radical (unpaired) electrons. The molecule has 8 nitrogen and oxygen atoms in total. The van der Waals surface area contributed by atoms with Gasteiger partial charge in [-0.2, -0.15) is 0 Å². The zero-order valence-electron chi connectivity index (χ0n) is 12.0. The Morgan fingerprint density at radius 3 is 3.00 bits per heavy atom. The predicted octanol–water partition coefficient (Wildman–Crippen LogP) is 0.0517. The first-order valence-corrected chi connectivity index (χ1v) is 7.11. The van der Waals surface area contributed by atoms with Crippen molar-refractivity contribution in [3.8, 4) is 12.3 Å². The largest absolute Gasteiger partial charge is 0.391 e. The van der Waals surface area contributed by atoms with Crippen LogP contribution in [0.4, 0.5) is 10.3 Å². The number of anilines is 1. The maximum absolute atomic E-state index is 15.1. The number of imidazole rings is 1. The first kappa shape index (κ1) is 15.8. The Labute approximate surface area is 135 Å². The molecule has 2 aromatic heterocycles. The van der Waals surface area contributed by atoms with Crippen LogP contribution in [-0.2, 0) is 4.74 Å². The van der Waals surface area contributed by atoms with E-state index in [4.69, 9.17) is 29.1 Å². The Kier molecular flexibility index (Phi) is 3.61. The van der Waals surface area contributed by atoms with Gasteiger partial charge in [0.25, 0.3) is 0 Å². The molecule has 23 heavy (non-hydrogen) atoms. The van der Waals surface area contributed by atoms with Gasteiger partial charge in [-0.25, -0.2) is 14.4 Å². The number of rotatable bonds is 2. The molecule has 1 fully saturated rings. The van der Waals surface area contributed by atoms with E-state index in [1.807, 2.05) is 5.92 Å². The summed E-state index contributed by atoms with van der Waals surface area (Å²) in [7, 11) is 0. The van der Waals surface area contributed by atoms with Crippen LogP contribution in [-0.4, -0.2) is 53.7 Å². The number of nitrogens with one attached hydrogen (secondary N) is 1. The highest BCUT2D eigenvalue weighted by Crippen LogP contribution is 2.43. The number of halogens is 1. The lowest BCUT2D eigenvalue weighted by Gasteiger charge is -2.23. The maximum Gasteiger partial charge on any atom is 0.243 e. The van der Waals surface area contributed by atoms with E-state index in [-0.39, 0.29) is 21.8 Å². The molecule has 3 heterocycles. The van der Waals surface area contributed by atoms with Gasteiger partial charge in [-0.15, -0.1) is 6.42 Å². The van der Waals surface area contributed by atoms with Crippen molar-refractivity contribution in [2.24, 2.45) is 0 Å². The normalized spacial score (nSPS) is 32.0. The van der Waals surface area contributed by atoms with Crippen LogP contribution in [0.25, 0.3) is 11.2 Å². The Balaban J connectivity index is 2.18. The van der Waals surface area contributed by atoms with Crippen molar-refractivity contribution in [1.82, 2.24) is 19.5 Å². The number of alkyl halides is 1. The van der Waals surface area contributed by atoms with Gasteiger partial charge in [-0.05, 0) is 6.92 Å². The zero-order chi connectivity index (χ0) is 16.9. The molecule has 10 heteroatoms. The summed E-state index contributed by atoms with van der Waals surface area (Å²) in [5, 5.41) is 19.8. The van der Waals surface area contributed by atoms with Crippen molar-refractivity contribution >= 4 is 29.3 Å². The van der Waals surface area contributed by atoms with E-state index >= 15 is 4.39 Å². The molecule has 1 aliphatic heterocycles. The average Bonchev–Trinajstić information content (AvgIpc) is 3.00. The van der Waals surface area contributed by atoms with Gasteiger partial charge >= 0.3 is 0 Å². The molecule has 122 valence electrons. The molecular formula is C13H14FN5O3S. The lowest BCUT2D eigenvalue weighted by molar-refractivity contribution is -0.0776. The number of nitrogens with two attached hydrogens (primary N) is 1. The minimum atomic E-state index is -2.57. The van der Waals surface area contributed by atoms with Crippen LogP contribution < -0.4 is 5.73 Å². The summed E-state index contributed by atoms with van der Waals surface area (Å²) in [4.78, 5) is 10.6. The highest BCUT2D eigenvalue weighted by molar-refractivity contribution is 7.71. The molecular weight excluding hydrogens is 325 g/mol. The number of aromatic amines is 1. The summed E-state index contributed by atoms with van der Waals surface area (Å²) in [6.45, 7) is 1.37. The van der Waals surface area contributed by atoms with E-state index in [0.29, 0.717) is 0 Å². The molecule has 0 bridgehead atoms. The number of fused-ring (bicyclic) bond motifs is 1. The smallest absolute Gasteiger partial charge is 0.243 e. The van der Waals surface area contributed by atoms with Gasteiger partial charge in [0.15, 0.2) is 16.8 Å². The van der Waals surface area contributed by atoms with Crippen molar-refractivity contribution in [3.05, 3.63) is 11.0 Å². The molecule has 0 aromatic carbocycles. The number of ether oxygens (including phenoxy) is 1. The lowest BCUT2D eigenvalue weighted by atomic mass is 9.95. The van der Waals surface area contributed by atoms with Crippen LogP contribution in [0.3, 0.4) is 0 Å². The molecule has 3 rings (SSSR count). The molecule has 2 aromatic rings. The monoisotopic (exact) mass is 339 g/mol. The van der Waals surface area contributed by atoms with Crippen LogP contribution in [0.5, 0.6) is 0 Å². The lowest BCUT2D eigenvalue weighted by Crippen LogP contribution is -2.43. The number of nitrogen functional groups attached to an aromatic ring is 1. The number of nitrogens with zero attached hydrogens (tertiary/aromatic N) is 3. The quantitative estimate of drug-likeness (QED) is 0.450. The van der Waals surface area contributed by atoms with E-state index in [2.05, 4.69) is 15.0 Å². The number of aliphatic hydroxyl groups excluding tert-OH is 2. The minimum absolute atomic E-state index is 0.0139. The van der Waals surface area contributed by atoms with Crippen LogP contribution in [0.15, 0.2) is 6.33 Å². The zero-order valence-corrected chi connectivity index (χ0v) is 12.8. The highest BCUT2D eigenvalue weighted by Gasteiger charge is 2.59. The van der Waals surface area contributed by atoms with Crippen molar-refractivity contribution < 1.29 is 19.3 Å². The molecule has 1 saturated heterocycles. The molecule has 0 aliphatic carbocycles. The fourth-order valence-electron chi connectivity index (χ4n) is 2.64. The number of H-pyrrole nitrogens is 1. The van der Waals surface area contributed by atoms with E-state index in [0.717, 1.165) is 0 Å². The summed E-state index contributed by atoms with van der Waals surface area (Å²) in [6.07, 6.45) is 1.08. The second kappa shape index (κ2) is 5.24. The van der Waals surface area contributed by atoms with Crippen molar-refractivity contribution in [2.75, 3.05) is 5.73 Å². The Hall–Kier alpha value is -2.06. The number of terminal acetylenes is 1. The van der Waals surface area contributed by atoms with E-state index in [1.165, 1.54) is 17.8 Å². The Morgan fingerprint density at radius 1 is 1.70 bits per heavy atom. The first-order valence-electron chi connectivity index (χ1n) is 6.70. The van der Waals surface area contributed by atoms with Crippen LogP contribution in [0.2, 0.25) is 0 Å². The topological polar surface area (TPSA) is 122 Å². The maximum atomic E-state index is 15.1. The summed E-state index contributed by atoms with van der Waals surface area (Å²) in [5.74, 6) is 1.93. The number of hydrogen-bond acceptors (Lipinski definition) is 7. The Bertz CT molecular complexity index is 859. The van der Waals surface area contributed by atoms with Gasteiger partial charge in [-0.3, -0.25) is 4.57 Å². The Morgan fingerprint density at radius 2 is 2.39 bits per heavy atom. The minimum Gasteiger partial charge on any atom is -0.391 e. The second-order valence-corrected chi connectivity index (χ2v) is 5.71. The fraction of sp³-hybridized carbons (Fsp3) is 0.462. The van der Waals surface area contributed by atoms with Crippen LogP contribution in [0.1, 0.15) is 13.2 Å². The van der Waals surface area contributed by atoms with Crippen LogP contribution in [0, 0.1) is 17.0 Å². The molecule has 2 unspecified atom stereocenters. The van der Waals surface area contributed by atoms with Crippen molar-refractivity contribution in [3.63, 3.8) is 0 Å². The highest BCUT2D eigenvalue weighted by atomic mass is 32.1. The van der Waals surface area contributed by atoms with E-state index in [1.54, 1.807) is 0 Å².